The van der Waals surface area contributed by atoms with Gasteiger partial charge in [0.15, 0.2) is 5.11 Å². The number of ether oxygens (including phenoxy) is 2. The molecular formula is C18H19FN2O3S. The number of thiocarbonyl (C=S) groups is 1. The molecule has 0 radical (unpaired) electrons. The summed E-state index contributed by atoms with van der Waals surface area (Å²) in [5.41, 5.74) is 0.519. The molecular weight excluding hydrogens is 343 g/mol. The summed E-state index contributed by atoms with van der Waals surface area (Å²) >= 11 is 5.07. The fourth-order valence-electron chi connectivity index (χ4n) is 2.02. The first-order valence-corrected chi connectivity index (χ1v) is 8.19. The molecule has 0 bridgehead atoms. The maximum Gasteiger partial charge on any atom is 0.261 e. The molecule has 0 atom stereocenters. The third kappa shape index (κ3) is 5.81. The Kier molecular flexibility index (Phi) is 7.31. The van der Waals surface area contributed by atoms with Crippen LogP contribution in [0.25, 0.3) is 0 Å². The topological polar surface area (TPSA) is 59.6 Å². The van der Waals surface area contributed by atoms with Crippen LogP contribution in [-0.4, -0.2) is 30.8 Å². The lowest BCUT2D eigenvalue weighted by atomic mass is 10.2. The van der Waals surface area contributed by atoms with Crippen LogP contribution in [-0.2, 0) is 4.74 Å². The molecule has 0 aliphatic rings. The SMILES string of the molecule is CCOCCOc1ccccc1C(=O)NC(=S)Nc1ccccc1F. The standard InChI is InChI=1S/C18H19FN2O3S/c1-2-23-11-12-24-16-10-6-3-7-13(16)17(22)21-18(25)20-15-9-5-4-8-14(15)19/h3-10H,2,11-12H2,1H3,(H2,20,21,22,25). The van der Waals surface area contributed by atoms with Crippen molar-refractivity contribution in [2.75, 3.05) is 25.1 Å². The Morgan fingerprint density at radius 1 is 1.12 bits per heavy atom. The minimum absolute atomic E-state index is 0.000723. The number of hydrogen-bond acceptors (Lipinski definition) is 4. The molecule has 0 heterocycles. The smallest absolute Gasteiger partial charge is 0.261 e. The molecule has 0 aliphatic heterocycles. The van der Waals surface area contributed by atoms with Crippen LogP contribution in [0.1, 0.15) is 17.3 Å². The van der Waals surface area contributed by atoms with Crippen molar-refractivity contribution in [3.63, 3.8) is 0 Å². The van der Waals surface area contributed by atoms with Gasteiger partial charge >= 0.3 is 0 Å². The molecule has 1 amide bonds. The van der Waals surface area contributed by atoms with Crippen LogP contribution in [0.4, 0.5) is 10.1 Å². The maximum atomic E-state index is 13.6. The molecule has 2 aromatic carbocycles. The monoisotopic (exact) mass is 362 g/mol. The zero-order chi connectivity index (χ0) is 18.1. The Balaban J connectivity index is 1.98. The van der Waals surface area contributed by atoms with Gasteiger partial charge in [-0.1, -0.05) is 24.3 Å². The molecule has 0 fully saturated rings. The number of benzene rings is 2. The predicted molar refractivity (Wildman–Crippen MR) is 98.5 cm³/mol. The molecule has 0 aromatic heterocycles. The van der Waals surface area contributed by atoms with Gasteiger partial charge in [-0.2, -0.15) is 0 Å². The third-order valence-electron chi connectivity index (χ3n) is 3.17. The molecule has 2 rings (SSSR count). The normalized spacial score (nSPS) is 10.2. The highest BCUT2D eigenvalue weighted by atomic mass is 32.1. The van der Waals surface area contributed by atoms with E-state index in [2.05, 4.69) is 10.6 Å². The van der Waals surface area contributed by atoms with E-state index in [9.17, 15) is 9.18 Å². The Labute approximate surface area is 151 Å². The van der Waals surface area contributed by atoms with Gasteiger partial charge < -0.3 is 14.8 Å². The quantitative estimate of drug-likeness (QED) is 0.584. The van der Waals surface area contributed by atoms with Crippen molar-refractivity contribution >= 4 is 28.9 Å². The summed E-state index contributed by atoms with van der Waals surface area (Å²) in [6, 6.07) is 12.9. The summed E-state index contributed by atoms with van der Waals surface area (Å²) in [7, 11) is 0. The number of amides is 1. The van der Waals surface area contributed by atoms with Crippen molar-refractivity contribution in [1.82, 2.24) is 5.32 Å². The first-order chi connectivity index (χ1) is 12.1. The van der Waals surface area contributed by atoms with E-state index in [0.717, 1.165) is 0 Å². The average Bonchev–Trinajstić information content (AvgIpc) is 2.61. The number of hydrogen-bond donors (Lipinski definition) is 2. The second-order valence-corrected chi connectivity index (χ2v) is 5.34. The molecule has 0 aliphatic carbocycles. The van der Waals surface area contributed by atoms with E-state index in [1.807, 2.05) is 6.92 Å². The van der Waals surface area contributed by atoms with Gasteiger partial charge in [-0.3, -0.25) is 10.1 Å². The number of carbonyl (C=O) groups is 1. The fraction of sp³-hybridized carbons (Fsp3) is 0.222. The number of nitrogens with one attached hydrogen (secondary N) is 2. The summed E-state index contributed by atoms with van der Waals surface area (Å²) in [5, 5.41) is 5.17. The van der Waals surface area contributed by atoms with Crippen LogP contribution >= 0.6 is 12.2 Å². The Bertz CT molecular complexity index is 740. The van der Waals surface area contributed by atoms with Gasteiger partial charge in [0.1, 0.15) is 18.2 Å². The lowest BCUT2D eigenvalue weighted by Gasteiger charge is -2.13. The lowest BCUT2D eigenvalue weighted by molar-refractivity contribution is 0.0958. The minimum atomic E-state index is -0.459. The van der Waals surface area contributed by atoms with Gasteiger partial charge in [0.25, 0.3) is 5.91 Å². The Morgan fingerprint density at radius 2 is 1.84 bits per heavy atom. The zero-order valence-corrected chi connectivity index (χ0v) is 14.6. The number of carbonyl (C=O) groups excluding carboxylic acids is 1. The van der Waals surface area contributed by atoms with Crippen molar-refractivity contribution in [2.45, 2.75) is 6.92 Å². The van der Waals surface area contributed by atoms with Gasteiger partial charge in [0.05, 0.1) is 17.9 Å². The highest BCUT2D eigenvalue weighted by molar-refractivity contribution is 7.80. The van der Waals surface area contributed by atoms with Crippen molar-refractivity contribution in [3.8, 4) is 5.75 Å². The van der Waals surface area contributed by atoms with E-state index in [1.54, 1.807) is 36.4 Å². The number of halogens is 1. The third-order valence-corrected chi connectivity index (χ3v) is 3.37. The minimum Gasteiger partial charge on any atom is -0.490 e. The summed E-state index contributed by atoms with van der Waals surface area (Å²) < 4.78 is 24.4. The summed E-state index contributed by atoms with van der Waals surface area (Å²) in [4.78, 5) is 12.4. The van der Waals surface area contributed by atoms with Gasteiger partial charge in [-0.05, 0) is 43.4 Å². The van der Waals surface area contributed by atoms with E-state index in [1.165, 1.54) is 12.1 Å². The van der Waals surface area contributed by atoms with Crippen molar-refractivity contribution in [3.05, 3.63) is 59.9 Å². The fourth-order valence-corrected chi connectivity index (χ4v) is 2.22. The molecule has 0 unspecified atom stereocenters. The molecule has 2 aromatic rings. The van der Waals surface area contributed by atoms with Crippen LogP contribution < -0.4 is 15.4 Å². The van der Waals surface area contributed by atoms with Crippen LogP contribution in [0.15, 0.2) is 48.5 Å². The Morgan fingerprint density at radius 3 is 2.60 bits per heavy atom. The first-order valence-electron chi connectivity index (χ1n) is 7.78. The molecule has 5 nitrogen and oxygen atoms in total. The molecule has 132 valence electrons. The van der Waals surface area contributed by atoms with E-state index in [4.69, 9.17) is 21.7 Å². The Hall–Kier alpha value is -2.51. The highest BCUT2D eigenvalue weighted by Gasteiger charge is 2.14. The largest absolute Gasteiger partial charge is 0.490 e. The predicted octanol–water partition coefficient (Wildman–Crippen LogP) is 3.37. The summed E-state index contributed by atoms with van der Waals surface area (Å²) in [6.07, 6.45) is 0. The second-order valence-electron chi connectivity index (χ2n) is 4.93. The van der Waals surface area contributed by atoms with Crippen molar-refractivity contribution < 1.29 is 18.7 Å². The average molecular weight is 362 g/mol. The molecule has 25 heavy (non-hydrogen) atoms. The van der Waals surface area contributed by atoms with Gasteiger partial charge in [0, 0.05) is 6.61 Å². The number of para-hydroxylation sites is 2. The number of anilines is 1. The van der Waals surface area contributed by atoms with E-state index in [0.29, 0.717) is 31.1 Å². The van der Waals surface area contributed by atoms with Crippen LogP contribution in [0.2, 0.25) is 0 Å². The van der Waals surface area contributed by atoms with Crippen LogP contribution in [0.3, 0.4) is 0 Å². The summed E-state index contributed by atoms with van der Waals surface area (Å²) in [5.74, 6) is -0.479. The van der Waals surface area contributed by atoms with Crippen molar-refractivity contribution in [2.24, 2.45) is 0 Å². The number of rotatable bonds is 7. The van der Waals surface area contributed by atoms with E-state index in [-0.39, 0.29) is 10.8 Å². The molecule has 0 saturated carbocycles. The van der Waals surface area contributed by atoms with Crippen molar-refractivity contribution in [1.29, 1.82) is 0 Å². The van der Waals surface area contributed by atoms with E-state index >= 15 is 0 Å². The lowest BCUT2D eigenvalue weighted by Crippen LogP contribution is -2.34. The molecule has 7 heteroatoms. The van der Waals surface area contributed by atoms with Gasteiger partial charge in [-0.15, -0.1) is 0 Å². The van der Waals surface area contributed by atoms with Gasteiger partial charge in [-0.25, -0.2) is 4.39 Å². The van der Waals surface area contributed by atoms with Crippen LogP contribution in [0.5, 0.6) is 5.75 Å². The molecule has 0 saturated heterocycles. The first kappa shape index (κ1) is 18.8. The van der Waals surface area contributed by atoms with Gasteiger partial charge in [0.2, 0.25) is 0 Å². The molecule has 0 spiro atoms. The molecule has 2 N–H and O–H groups in total. The zero-order valence-electron chi connectivity index (χ0n) is 13.8. The van der Waals surface area contributed by atoms with Crippen LogP contribution in [0, 0.1) is 5.82 Å². The second kappa shape index (κ2) is 9.71. The maximum absolute atomic E-state index is 13.6. The summed E-state index contributed by atoms with van der Waals surface area (Å²) in [6.45, 7) is 3.25. The van der Waals surface area contributed by atoms with E-state index < -0.39 is 11.7 Å². The highest BCUT2D eigenvalue weighted by Crippen LogP contribution is 2.18.